The lowest BCUT2D eigenvalue weighted by Gasteiger charge is -2.14. The number of carbonyl (C=O) groups excluding carboxylic acids is 1. The Balaban J connectivity index is 1.81. The van der Waals surface area contributed by atoms with Gasteiger partial charge in [0.15, 0.2) is 5.78 Å². The summed E-state index contributed by atoms with van der Waals surface area (Å²) in [5.41, 5.74) is 5.39. The summed E-state index contributed by atoms with van der Waals surface area (Å²) in [4.78, 5) is 20.9. The van der Waals surface area contributed by atoms with Crippen LogP contribution in [-0.4, -0.2) is 15.8 Å². The molecule has 1 heterocycles. The molecule has 3 aromatic rings. The second kappa shape index (κ2) is 8.45. The fraction of sp³-hybridized carbons (Fsp3) is 0.217. The Morgan fingerprint density at radius 3 is 2.39 bits per heavy atom. The van der Waals surface area contributed by atoms with Crippen LogP contribution in [0.5, 0.6) is 0 Å². The lowest BCUT2D eigenvalue weighted by atomic mass is 10.0. The maximum atomic E-state index is 12.0. The third-order valence-electron chi connectivity index (χ3n) is 4.58. The smallest absolute Gasteiger partial charge is 0.162 e. The number of rotatable bonds is 6. The summed E-state index contributed by atoms with van der Waals surface area (Å²) in [6, 6.07) is 15.2. The number of nitriles is 1. The van der Waals surface area contributed by atoms with Gasteiger partial charge in [-0.2, -0.15) is 5.26 Å². The molecule has 0 aliphatic rings. The molecule has 5 nitrogen and oxygen atoms in total. The molecule has 0 saturated heterocycles. The van der Waals surface area contributed by atoms with Crippen LogP contribution in [0.3, 0.4) is 0 Å². The number of hydrogen-bond acceptors (Lipinski definition) is 5. The fourth-order valence-electron chi connectivity index (χ4n) is 3.09. The monoisotopic (exact) mass is 370 g/mol. The average molecular weight is 370 g/mol. The highest BCUT2D eigenvalue weighted by Crippen LogP contribution is 2.26. The molecule has 0 saturated carbocycles. The average Bonchev–Trinajstić information content (AvgIpc) is 2.71. The van der Waals surface area contributed by atoms with Crippen molar-refractivity contribution >= 4 is 17.3 Å². The Morgan fingerprint density at radius 1 is 1.11 bits per heavy atom. The van der Waals surface area contributed by atoms with Crippen LogP contribution in [0.25, 0.3) is 0 Å². The van der Waals surface area contributed by atoms with Crippen LogP contribution in [0.1, 0.15) is 51.8 Å². The first-order chi connectivity index (χ1) is 13.5. The molecular weight excluding hydrogens is 348 g/mol. The summed E-state index contributed by atoms with van der Waals surface area (Å²) in [6.07, 6.45) is 2.81. The quantitative estimate of drug-likeness (QED) is 0.625. The molecule has 5 heteroatoms. The van der Waals surface area contributed by atoms with E-state index in [2.05, 4.69) is 21.4 Å². The number of aromatic nitrogens is 2. The fourth-order valence-corrected chi connectivity index (χ4v) is 3.09. The minimum atomic E-state index is 0.143. The number of nitrogens with one attached hydrogen (secondary N) is 1. The molecule has 0 atom stereocenters. The van der Waals surface area contributed by atoms with Gasteiger partial charge in [0.2, 0.25) is 0 Å². The largest absolute Gasteiger partial charge is 0.340 e. The van der Waals surface area contributed by atoms with Gasteiger partial charge in [-0.3, -0.25) is 4.79 Å². The van der Waals surface area contributed by atoms with Gasteiger partial charge >= 0.3 is 0 Å². The molecular formula is C23H22N4O. The SMILES string of the molecule is CCC(=O)c1cc(C)c(Nc2ccnc(Cc3ccc(C#N)cc3)n2)c(C)c1. The first-order valence-corrected chi connectivity index (χ1v) is 9.22. The van der Waals surface area contributed by atoms with Crippen molar-refractivity contribution in [2.75, 3.05) is 5.32 Å². The van der Waals surface area contributed by atoms with Crippen LogP contribution in [0.4, 0.5) is 11.5 Å². The zero-order valence-corrected chi connectivity index (χ0v) is 16.3. The molecule has 0 bridgehead atoms. The van der Waals surface area contributed by atoms with E-state index in [4.69, 9.17) is 5.26 Å². The van der Waals surface area contributed by atoms with Crippen LogP contribution in [0.15, 0.2) is 48.7 Å². The van der Waals surface area contributed by atoms with Crippen LogP contribution in [0.2, 0.25) is 0 Å². The molecule has 28 heavy (non-hydrogen) atoms. The van der Waals surface area contributed by atoms with E-state index in [0.717, 1.165) is 27.9 Å². The molecule has 0 unspecified atom stereocenters. The van der Waals surface area contributed by atoms with E-state index in [1.807, 2.05) is 51.1 Å². The lowest BCUT2D eigenvalue weighted by molar-refractivity contribution is 0.0988. The summed E-state index contributed by atoms with van der Waals surface area (Å²) >= 11 is 0. The van der Waals surface area contributed by atoms with E-state index in [1.165, 1.54) is 0 Å². The Kier molecular flexibility index (Phi) is 5.81. The first kappa shape index (κ1) is 19.2. The van der Waals surface area contributed by atoms with E-state index in [9.17, 15) is 4.79 Å². The van der Waals surface area contributed by atoms with Crippen LogP contribution < -0.4 is 5.32 Å². The topological polar surface area (TPSA) is 78.7 Å². The number of anilines is 2. The van der Waals surface area contributed by atoms with E-state index >= 15 is 0 Å². The van der Waals surface area contributed by atoms with Crippen molar-refractivity contribution in [1.82, 2.24) is 9.97 Å². The maximum Gasteiger partial charge on any atom is 0.162 e. The normalized spacial score (nSPS) is 10.4. The Bertz CT molecular complexity index is 1030. The van der Waals surface area contributed by atoms with E-state index < -0.39 is 0 Å². The standard InChI is InChI=1S/C23H22N4O/c1-4-20(28)19-11-15(2)23(16(3)12-19)27-21-9-10-25-22(26-21)13-17-5-7-18(14-24)8-6-17/h5-12H,4,13H2,1-3H3,(H,25,26,27). The molecule has 3 rings (SSSR count). The molecule has 2 aromatic carbocycles. The predicted octanol–water partition coefficient (Wildman–Crippen LogP) is 4.89. The van der Waals surface area contributed by atoms with Crippen LogP contribution in [0, 0.1) is 25.2 Å². The number of benzene rings is 2. The highest BCUT2D eigenvalue weighted by atomic mass is 16.1. The molecule has 0 spiro atoms. The highest BCUT2D eigenvalue weighted by molar-refractivity contribution is 5.97. The zero-order valence-electron chi connectivity index (χ0n) is 16.3. The predicted molar refractivity (Wildman–Crippen MR) is 110 cm³/mol. The van der Waals surface area contributed by atoms with Gasteiger partial charge < -0.3 is 5.32 Å². The van der Waals surface area contributed by atoms with Crippen molar-refractivity contribution in [3.8, 4) is 6.07 Å². The first-order valence-electron chi connectivity index (χ1n) is 9.22. The second-order valence-corrected chi connectivity index (χ2v) is 6.73. The van der Waals surface area contributed by atoms with E-state index in [-0.39, 0.29) is 5.78 Å². The Labute approximate surface area is 165 Å². The van der Waals surface area contributed by atoms with Gasteiger partial charge in [0, 0.05) is 30.3 Å². The van der Waals surface area contributed by atoms with Gasteiger partial charge in [0.05, 0.1) is 11.6 Å². The Morgan fingerprint density at radius 2 is 1.79 bits per heavy atom. The molecule has 0 aliphatic heterocycles. The minimum absolute atomic E-state index is 0.143. The van der Waals surface area contributed by atoms with Gasteiger partial charge in [-0.05, 0) is 60.9 Å². The zero-order chi connectivity index (χ0) is 20.1. The van der Waals surface area contributed by atoms with Crippen molar-refractivity contribution in [1.29, 1.82) is 5.26 Å². The third-order valence-corrected chi connectivity index (χ3v) is 4.58. The van der Waals surface area contributed by atoms with Crippen LogP contribution >= 0.6 is 0 Å². The molecule has 1 N–H and O–H groups in total. The number of ketones is 1. The van der Waals surface area contributed by atoms with E-state index in [1.54, 1.807) is 18.3 Å². The molecule has 1 aromatic heterocycles. The number of nitrogens with zero attached hydrogens (tertiary/aromatic N) is 3. The number of hydrogen-bond donors (Lipinski definition) is 1. The van der Waals surface area contributed by atoms with Crippen LogP contribution in [-0.2, 0) is 6.42 Å². The van der Waals surface area contributed by atoms with Gasteiger partial charge in [-0.1, -0.05) is 19.1 Å². The van der Waals surface area contributed by atoms with Crippen molar-refractivity contribution in [2.24, 2.45) is 0 Å². The van der Waals surface area contributed by atoms with Crippen molar-refractivity contribution < 1.29 is 4.79 Å². The van der Waals surface area contributed by atoms with Gasteiger partial charge in [0.25, 0.3) is 0 Å². The van der Waals surface area contributed by atoms with Gasteiger partial charge in [0.1, 0.15) is 11.6 Å². The lowest BCUT2D eigenvalue weighted by Crippen LogP contribution is -2.05. The summed E-state index contributed by atoms with van der Waals surface area (Å²) in [5, 5.41) is 12.3. The number of Topliss-reactive ketones (excluding diaryl/α,β-unsaturated/α-hetero) is 1. The van der Waals surface area contributed by atoms with Crippen molar-refractivity contribution in [2.45, 2.75) is 33.6 Å². The Hall–Kier alpha value is -3.52. The maximum absolute atomic E-state index is 12.0. The number of carbonyl (C=O) groups is 1. The molecule has 0 aliphatic carbocycles. The highest BCUT2D eigenvalue weighted by Gasteiger charge is 2.11. The summed E-state index contributed by atoms with van der Waals surface area (Å²) in [5.74, 6) is 1.55. The second-order valence-electron chi connectivity index (χ2n) is 6.73. The molecule has 0 fully saturated rings. The molecule has 0 radical (unpaired) electrons. The van der Waals surface area contributed by atoms with Gasteiger partial charge in [-0.25, -0.2) is 9.97 Å². The molecule has 140 valence electrons. The van der Waals surface area contributed by atoms with Crippen molar-refractivity contribution in [3.05, 3.63) is 82.3 Å². The summed E-state index contributed by atoms with van der Waals surface area (Å²) in [7, 11) is 0. The third kappa shape index (κ3) is 4.41. The number of aryl methyl sites for hydroxylation is 2. The minimum Gasteiger partial charge on any atom is -0.340 e. The van der Waals surface area contributed by atoms with Crippen molar-refractivity contribution in [3.63, 3.8) is 0 Å². The van der Waals surface area contributed by atoms with Gasteiger partial charge in [-0.15, -0.1) is 0 Å². The summed E-state index contributed by atoms with van der Waals surface area (Å²) < 4.78 is 0. The van der Waals surface area contributed by atoms with E-state index in [0.29, 0.717) is 30.0 Å². The summed E-state index contributed by atoms with van der Waals surface area (Å²) in [6.45, 7) is 5.84. The molecule has 0 amide bonds.